The molecule has 0 fully saturated rings. The van der Waals surface area contributed by atoms with Crippen LogP contribution in [0.4, 0.5) is 0 Å². The van der Waals surface area contributed by atoms with Gasteiger partial charge in [0.25, 0.3) is 11.5 Å². The lowest BCUT2D eigenvalue weighted by atomic mass is 10.1. The molecule has 98 valence electrons. The van der Waals surface area contributed by atoms with Crippen LogP contribution < -0.4 is 11.0 Å². The van der Waals surface area contributed by atoms with Gasteiger partial charge in [-0.25, -0.2) is 10.5 Å². The number of H-pyrrole nitrogens is 1. The number of hydrogen-bond donors (Lipinski definition) is 2. The van der Waals surface area contributed by atoms with Crippen LogP contribution in [0.3, 0.4) is 0 Å². The van der Waals surface area contributed by atoms with Gasteiger partial charge in [0.2, 0.25) is 0 Å². The molecule has 0 radical (unpaired) electrons. The van der Waals surface area contributed by atoms with E-state index in [1.54, 1.807) is 24.3 Å². The Labute approximate surface area is 109 Å². The summed E-state index contributed by atoms with van der Waals surface area (Å²) in [5.74, 6) is -0.444. The van der Waals surface area contributed by atoms with Gasteiger partial charge in [0.05, 0.1) is 5.39 Å². The molecule has 2 aromatic rings. The zero-order valence-electron chi connectivity index (χ0n) is 10.7. The van der Waals surface area contributed by atoms with E-state index in [1.165, 1.54) is 0 Å². The minimum absolute atomic E-state index is 0.155. The number of aromatic nitrogens is 2. The molecule has 0 spiro atoms. The maximum atomic E-state index is 12.0. The predicted octanol–water partition coefficient (Wildman–Crippen LogP) is 1.44. The minimum atomic E-state index is -0.444. The Hall–Kier alpha value is -2.50. The zero-order chi connectivity index (χ0) is 13.8. The second-order valence-corrected chi connectivity index (χ2v) is 4.09. The van der Waals surface area contributed by atoms with Crippen LogP contribution in [0.15, 0.2) is 34.2 Å². The fourth-order valence-corrected chi connectivity index (χ4v) is 1.57. The fraction of sp³-hybridized carbons (Fsp3) is 0.231. The maximum Gasteiger partial charge on any atom is 0.292 e. The Kier molecular flexibility index (Phi) is 3.70. The number of nitrogens with one attached hydrogen (secondary N) is 2. The van der Waals surface area contributed by atoms with Gasteiger partial charge in [0.1, 0.15) is 0 Å². The van der Waals surface area contributed by atoms with Gasteiger partial charge in [0, 0.05) is 11.1 Å². The number of rotatable bonds is 3. The molecule has 6 heteroatoms. The van der Waals surface area contributed by atoms with Crippen LogP contribution >= 0.6 is 0 Å². The molecule has 0 aliphatic heterocycles. The molecular formula is C13H14N4O2. The summed E-state index contributed by atoms with van der Waals surface area (Å²) in [6.07, 6.45) is 0.750. The lowest BCUT2D eigenvalue weighted by Crippen LogP contribution is -2.23. The van der Waals surface area contributed by atoms with Crippen molar-refractivity contribution in [2.24, 2.45) is 5.10 Å². The van der Waals surface area contributed by atoms with Crippen molar-refractivity contribution in [3.8, 4) is 0 Å². The van der Waals surface area contributed by atoms with Crippen LogP contribution in [0, 0.1) is 0 Å². The van der Waals surface area contributed by atoms with Crippen LogP contribution in [0.25, 0.3) is 10.8 Å². The molecule has 0 saturated heterocycles. The van der Waals surface area contributed by atoms with Crippen molar-refractivity contribution in [1.82, 2.24) is 15.6 Å². The lowest BCUT2D eigenvalue weighted by molar-refractivity contribution is 0.0950. The van der Waals surface area contributed by atoms with Crippen molar-refractivity contribution < 1.29 is 4.79 Å². The standard InChI is InChI=1S/C13H14N4O2/c1-3-8(2)14-17-13(19)11-9-6-4-5-7-10(9)12(18)16-15-11/h4-7H,3H2,1-2H3,(H,16,18)(H,17,19)/b14-8+. The summed E-state index contributed by atoms with van der Waals surface area (Å²) in [4.78, 5) is 23.6. The normalized spacial score (nSPS) is 11.6. The Morgan fingerprint density at radius 3 is 2.74 bits per heavy atom. The molecule has 0 bridgehead atoms. The van der Waals surface area contributed by atoms with Crippen molar-refractivity contribution in [2.75, 3.05) is 0 Å². The summed E-state index contributed by atoms with van der Waals surface area (Å²) in [7, 11) is 0. The van der Waals surface area contributed by atoms with E-state index < -0.39 is 5.91 Å². The molecule has 1 aromatic carbocycles. The smallest absolute Gasteiger partial charge is 0.267 e. The average molecular weight is 258 g/mol. The number of hydrazone groups is 1. The first-order valence-corrected chi connectivity index (χ1v) is 5.94. The first-order chi connectivity index (χ1) is 9.13. The molecule has 0 aliphatic carbocycles. The first-order valence-electron chi connectivity index (χ1n) is 5.94. The quantitative estimate of drug-likeness (QED) is 0.645. The number of nitrogens with zero attached hydrogens (tertiary/aromatic N) is 2. The topological polar surface area (TPSA) is 87.2 Å². The van der Waals surface area contributed by atoms with E-state index >= 15 is 0 Å². The van der Waals surface area contributed by atoms with Crippen molar-refractivity contribution in [3.63, 3.8) is 0 Å². The predicted molar refractivity (Wildman–Crippen MR) is 73.2 cm³/mol. The van der Waals surface area contributed by atoms with Crippen LogP contribution in [0.1, 0.15) is 30.8 Å². The molecular weight excluding hydrogens is 244 g/mol. The Morgan fingerprint density at radius 1 is 1.37 bits per heavy atom. The van der Waals surface area contributed by atoms with Gasteiger partial charge in [-0.2, -0.15) is 10.2 Å². The van der Waals surface area contributed by atoms with E-state index in [0.29, 0.717) is 10.8 Å². The van der Waals surface area contributed by atoms with Crippen LogP contribution in [-0.4, -0.2) is 21.8 Å². The highest BCUT2D eigenvalue weighted by Crippen LogP contribution is 2.11. The highest BCUT2D eigenvalue weighted by molar-refractivity contribution is 6.04. The van der Waals surface area contributed by atoms with Crippen LogP contribution in [0.5, 0.6) is 0 Å². The van der Waals surface area contributed by atoms with Crippen LogP contribution in [-0.2, 0) is 0 Å². The number of carbonyl (C=O) groups excluding carboxylic acids is 1. The van der Waals surface area contributed by atoms with E-state index in [4.69, 9.17) is 0 Å². The third kappa shape index (κ3) is 2.67. The largest absolute Gasteiger partial charge is 0.292 e. The summed E-state index contributed by atoms with van der Waals surface area (Å²) in [6.45, 7) is 3.76. The summed E-state index contributed by atoms with van der Waals surface area (Å²) >= 11 is 0. The van der Waals surface area contributed by atoms with Gasteiger partial charge >= 0.3 is 0 Å². The van der Waals surface area contributed by atoms with E-state index in [-0.39, 0.29) is 11.3 Å². The fourth-order valence-electron chi connectivity index (χ4n) is 1.57. The number of benzene rings is 1. The second-order valence-electron chi connectivity index (χ2n) is 4.09. The summed E-state index contributed by atoms with van der Waals surface area (Å²) < 4.78 is 0. The monoisotopic (exact) mass is 258 g/mol. The summed E-state index contributed by atoms with van der Waals surface area (Å²) in [5, 5.41) is 11.0. The van der Waals surface area contributed by atoms with Gasteiger partial charge in [-0.15, -0.1) is 0 Å². The number of aromatic amines is 1. The molecule has 6 nitrogen and oxygen atoms in total. The van der Waals surface area contributed by atoms with Gasteiger partial charge in [0.15, 0.2) is 5.69 Å². The number of amides is 1. The minimum Gasteiger partial charge on any atom is -0.267 e. The molecule has 0 saturated carbocycles. The summed E-state index contributed by atoms with van der Waals surface area (Å²) in [5.41, 5.74) is 3.07. The van der Waals surface area contributed by atoms with Crippen molar-refractivity contribution in [2.45, 2.75) is 20.3 Å². The molecule has 19 heavy (non-hydrogen) atoms. The van der Waals surface area contributed by atoms with Crippen molar-refractivity contribution in [3.05, 3.63) is 40.3 Å². The van der Waals surface area contributed by atoms with E-state index in [1.807, 2.05) is 13.8 Å². The van der Waals surface area contributed by atoms with Crippen molar-refractivity contribution >= 4 is 22.4 Å². The molecule has 1 aromatic heterocycles. The Morgan fingerprint density at radius 2 is 2.05 bits per heavy atom. The zero-order valence-corrected chi connectivity index (χ0v) is 10.7. The average Bonchev–Trinajstić information content (AvgIpc) is 2.45. The highest BCUT2D eigenvalue weighted by Gasteiger charge is 2.13. The molecule has 0 aliphatic rings. The molecule has 0 atom stereocenters. The maximum absolute atomic E-state index is 12.0. The van der Waals surface area contributed by atoms with Gasteiger partial charge in [-0.05, 0) is 19.4 Å². The SMILES string of the molecule is CC/C(C)=N/NC(=O)c1n[nH]c(=O)c2ccccc12. The van der Waals surface area contributed by atoms with Crippen molar-refractivity contribution in [1.29, 1.82) is 0 Å². The molecule has 2 N–H and O–H groups in total. The molecule has 1 heterocycles. The number of carbonyl (C=O) groups is 1. The van der Waals surface area contributed by atoms with Gasteiger partial charge in [-0.1, -0.05) is 25.1 Å². The summed E-state index contributed by atoms with van der Waals surface area (Å²) in [6, 6.07) is 6.81. The van der Waals surface area contributed by atoms with E-state index in [0.717, 1.165) is 12.1 Å². The third-order valence-electron chi connectivity index (χ3n) is 2.77. The Balaban J connectivity index is 2.43. The number of hydrogen-bond acceptors (Lipinski definition) is 4. The third-order valence-corrected chi connectivity index (χ3v) is 2.77. The van der Waals surface area contributed by atoms with E-state index in [2.05, 4.69) is 20.7 Å². The van der Waals surface area contributed by atoms with Gasteiger partial charge in [-0.3, -0.25) is 9.59 Å². The Bertz CT molecular complexity index is 703. The molecule has 0 unspecified atom stereocenters. The van der Waals surface area contributed by atoms with E-state index in [9.17, 15) is 9.59 Å². The number of fused-ring (bicyclic) bond motifs is 1. The van der Waals surface area contributed by atoms with Gasteiger partial charge < -0.3 is 0 Å². The highest BCUT2D eigenvalue weighted by atomic mass is 16.2. The first kappa shape index (κ1) is 12.9. The lowest BCUT2D eigenvalue weighted by Gasteiger charge is -2.03. The second kappa shape index (κ2) is 5.43. The molecule has 2 rings (SSSR count). The molecule has 1 amide bonds. The van der Waals surface area contributed by atoms with Crippen LogP contribution in [0.2, 0.25) is 0 Å².